The van der Waals surface area contributed by atoms with Gasteiger partial charge in [-0.3, -0.25) is 9.59 Å². The zero-order valence-corrected chi connectivity index (χ0v) is 11.1. The number of aliphatic hydroxyl groups is 1. The van der Waals surface area contributed by atoms with Crippen molar-refractivity contribution >= 4 is 17.5 Å². The molecule has 1 heterocycles. The number of primary amides is 1. The minimum absolute atomic E-state index is 0.0543. The number of amides is 2. The Kier molecular flexibility index (Phi) is 3.01. The topological polar surface area (TPSA) is 92.4 Å². The van der Waals surface area contributed by atoms with E-state index in [2.05, 4.69) is 5.32 Å². The molecule has 0 radical (unpaired) electrons. The van der Waals surface area contributed by atoms with Crippen LogP contribution in [0, 0.1) is 11.8 Å². The number of aliphatic hydroxyl groups excluding tert-OH is 1. The lowest BCUT2D eigenvalue weighted by Crippen LogP contribution is -2.47. The minimum atomic E-state index is -0.665. The first kappa shape index (κ1) is 13.1. The predicted molar refractivity (Wildman–Crippen MR) is 73.9 cm³/mol. The summed E-state index contributed by atoms with van der Waals surface area (Å²) in [6.07, 6.45) is 1.66. The fourth-order valence-electron chi connectivity index (χ4n) is 3.65. The number of para-hydroxylation sites is 1. The van der Waals surface area contributed by atoms with Crippen molar-refractivity contribution in [1.29, 1.82) is 0 Å². The first-order valence-electron chi connectivity index (χ1n) is 6.89. The highest BCUT2D eigenvalue weighted by atomic mass is 16.3. The lowest BCUT2D eigenvalue weighted by Gasteiger charge is -2.39. The van der Waals surface area contributed by atoms with E-state index in [-0.39, 0.29) is 18.4 Å². The molecule has 1 aliphatic heterocycles. The molecular weight excluding hydrogens is 256 g/mol. The highest BCUT2D eigenvalue weighted by Gasteiger charge is 2.52. The van der Waals surface area contributed by atoms with Crippen molar-refractivity contribution in [3.63, 3.8) is 0 Å². The maximum atomic E-state index is 12.4. The van der Waals surface area contributed by atoms with Crippen molar-refractivity contribution < 1.29 is 14.7 Å². The Bertz CT molecular complexity index is 572. The van der Waals surface area contributed by atoms with Crippen LogP contribution in [0.2, 0.25) is 0 Å². The van der Waals surface area contributed by atoms with Gasteiger partial charge in [0.1, 0.15) is 0 Å². The number of carbonyl (C=O) groups is 2. The van der Waals surface area contributed by atoms with Crippen LogP contribution < -0.4 is 11.1 Å². The van der Waals surface area contributed by atoms with Crippen LogP contribution in [0.25, 0.3) is 0 Å². The van der Waals surface area contributed by atoms with Crippen molar-refractivity contribution in [3.05, 3.63) is 29.8 Å². The van der Waals surface area contributed by atoms with E-state index >= 15 is 0 Å². The zero-order valence-electron chi connectivity index (χ0n) is 11.1. The third kappa shape index (κ3) is 1.73. The lowest BCUT2D eigenvalue weighted by atomic mass is 9.62. The maximum absolute atomic E-state index is 12.4. The lowest BCUT2D eigenvalue weighted by molar-refractivity contribution is -0.130. The third-order valence-electron chi connectivity index (χ3n) is 4.80. The summed E-state index contributed by atoms with van der Waals surface area (Å²) in [5.41, 5.74) is 6.58. The standard InChI is InChI=1S/C15H18N2O3/c16-13(19)10-7-15(6-5-9(10)8-18)11-3-1-2-4-12(11)17-14(15)20/h1-4,9-10,18H,5-8H2,(H2,16,19)(H,17,20)/t9?,10-,15-/m1/s1. The smallest absolute Gasteiger partial charge is 0.235 e. The van der Waals surface area contributed by atoms with Crippen molar-refractivity contribution in [3.8, 4) is 0 Å². The van der Waals surface area contributed by atoms with Crippen LogP contribution >= 0.6 is 0 Å². The fraction of sp³-hybridized carbons (Fsp3) is 0.467. The summed E-state index contributed by atoms with van der Waals surface area (Å²) in [4.78, 5) is 24.1. The number of hydrogen-bond acceptors (Lipinski definition) is 3. The molecule has 1 aromatic carbocycles. The number of nitrogens with two attached hydrogens (primary N) is 1. The van der Waals surface area contributed by atoms with Crippen LogP contribution in [-0.4, -0.2) is 23.5 Å². The molecule has 0 aromatic heterocycles. The van der Waals surface area contributed by atoms with Gasteiger partial charge in [0.15, 0.2) is 0 Å². The molecule has 5 heteroatoms. The molecule has 1 fully saturated rings. The quantitative estimate of drug-likeness (QED) is 0.743. The number of carbonyl (C=O) groups excluding carboxylic acids is 2. The van der Waals surface area contributed by atoms with Gasteiger partial charge >= 0.3 is 0 Å². The number of nitrogens with one attached hydrogen (secondary N) is 1. The van der Waals surface area contributed by atoms with Crippen molar-refractivity contribution in [2.75, 3.05) is 11.9 Å². The van der Waals surface area contributed by atoms with Gasteiger partial charge in [-0.1, -0.05) is 18.2 Å². The third-order valence-corrected chi connectivity index (χ3v) is 4.80. The van der Waals surface area contributed by atoms with Gasteiger partial charge in [-0.25, -0.2) is 0 Å². The highest BCUT2D eigenvalue weighted by molar-refractivity contribution is 6.06. The van der Waals surface area contributed by atoms with Crippen LogP contribution in [0.3, 0.4) is 0 Å². The normalized spacial score (nSPS) is 31.9. The van der Waals surface area contributed by atoms with Crippen LogP contribution in [0.5, 0.6) is 0 Å². The number of hydrogen-bond donors (Lipinski definition) is 3. The summed E-state index contributed by atoms with van der Waals surface area (Å²) in [6.45, 7) is -0.0625. The molecule has 20 heavy (non-hydrogen) atoms. The van der Waals surface area contributed by atoms with E-state index in [1.54, 1.807) is 0 Å². The molecule has 1 spiro atoms. The SMILES string of the molecule is NC(=O)[C@@H]1C[C@@]2(CCC1CO)C(=O)Nc1ccccc12. The number of rotatable bonds is 2. The summed E-state index contributed by atoms with van der Waals surface area (Å²) in [5.74, 6) is -1.08. The summed E-state index contributed by atoms with van der Waals surface area (Å²) >= 11 is 0. The Morgan fingerprint density at radius 2 is 2.20 bits per heavy atom. The molecule has 3 rings (SSSR count). The van der Waals surface area contributed by atoms with Crippen LogP contribution in [-0.2, 0) is 15.0 Å². The van der Waals surface area contributed by atoms with Crippen molar-refractivity contribution in [2.24, 2.45) is 17.6 Å². The average Bonchev–Trinajstić information content (AvgIpc) is 2.72. The molecule has 4 N–H and O–H groups in total. The van der Waals surface area contributed by atoms with E-state index in [0.717, 1.165) is 11.3 Å². The Labute approximate surface area is 117 Å². The number of benzene rings is 1. The molecule has 1 saturated carbocycles. The van der Waals surface area contributed by atoms with Gasteiger partial charge in [0.2, 0.25) is 11.8 Å². The molecule has 5 nitrogen and oxygen atoms in total. The van der Waals surface area contributed by atoms with E-state index in [1.807, 2.05) is 24.3 Å². The molecule has 0 bridgehead atoms. The van der Waals surface area contributed by atoms with E-state index in [9.17, 15) is 14.7 Å². The summed E-state index contributed by atoms with van der Waals surface area (Å²) in [5, 5.41) is 12.3. The van der Waals surface area contributed by atoms with Gasteiger partial charge < -0.3 is 16.2 Å². The second kappa shape index (κ2) is 4.59. The van der Waals surface area contributed by atoms with Gasteiger partial charge in [0, 0.05) is 18.2 Å². The highest BCUT2D eigenvalue weighted by Crippen LogP contribution is 2.50. The molecule has 1 aliphatic carbocycles. The molecule has 2 amide bonds. The van der Waals surface area contributed by atoms with Gasteiger partial charge in [0.05, 0.1) is 5.41 Å². The summed E-state index contributed by atoms with van der Waals surface area (Å²) in [6, 6.07) is 7.59. The van der Waals surface area contributed by atoms with Gasteiger partial charge in [-0.15, -0.1) is 0 Å². The Morgan fingerprint density at radius 3 is 2.90 bits per heavy atom. The fourth-order valence-corrected chi connectivity index (χ4v) is 3.65. The summed E-state index contributed by atoms with van der Waals surface area (Å²) in [7, 11) is 0. The average molecular weight is 274 g/mol. The second-order valence-electron chi connectivity index (χ2n) is 5.78. The molecule has 2 aliphatic rings. The van der Waals surface area contributed by atoms with Crippen LogP contribution in [0.1, 0.15) is 24.8 Å². The Balaban J connectivity index is 2.01. The maximum Gasteiger partial charge on any atom is 0.235 e. The molecule has 3 atom stereocenters. The van der Waals surface area contributed by atoms with Crippen molar-refractivity contribution in [2.45, 2.75) is 24.7 Å². The van der Waals surface area contributed by atoms with Gasteiger partial charge in [-0.05, 0) is 36.8 Å². The van der Waals surface area contributed by atoms with E-state index in [0.29, 0.717) is 19.3 Å². The second-order valence-corrected chi connectivity index (χ2v) is 5.78. The number of anilines is 1. The minimum Gasteiger partial charge on any atom is -0.396 e. The largest absolute Gasteiger partial charge is 0.396 e. The summed E-state index contributed by atoms with van der Waals surface area (Å²) < 4.78 is 0. The Hall–Kier alpha value is -1.88. The van der Waals surface area contributed by atoms with Crippen molar-refractivity contribution in [1.82, 2.24) is 0 Å². The monoisotopic (exact) mass is 274 g/mol. The zero-order chi connectivity index (χ0) is 14.3. The predicted octanol–water partition coefficient (Wildman–Crippen LogP) is 0.770. The van der Waals surface area contributed by atoms with E-state index < -0.39 is 17.2 Å². The molecule has 1 unspecified atom stereocenters. The van der Waals surface area contributed by atoms with Crippen LogP contribution in [0.4, 0.5) is 5.69 Å². The van der Waals surface area contributed by atoms with E-state index in [4.69, 9.17) is 5.73 Å². The van der Waals surface area contributed by atoms with E-state index in [1.165, 1.54) is 0 Å². The van der Waals surface area contributed by atoms with Gasteiger partial charge in [-0.2, -0.15) is 0 Å². The Morgan fingerprint density at radius 1 is 1.45 bits per heavy atom. The van der Waals surface area contributed by atoms with Crippen LogP contribution in [0.15, 0.2) is 24.3 Å². The molecule has 0 saturated heterocycles. The molecular formula is C15H18N2O3. The number of fused-ring (bicyclic) bond motifs is 2. The molecule has 106 valence electrons. The first-order chi connectivity index (χ1) is 9.58. The van der Waals surface area contributed by atoms with Gasteiger partial charge in [0.25, 0.3) is 0 Å². The first-order valence-corrected chi connectivity index (χ1v) is 6.89. The molecule has 1 aromatic rings.